The number of hydrogen-bond acceptors (Lipinski definition) is 3. The molecular formula is C17H19FN2O2. The van der Waals surface area contributed by atoms with E-state index in [1.165, 1.54) is 18.2 Å². The molecule has 3 N–H and O–H groups in total. The summed E-state index contributed by atoms with van der Waals surface area (Å²) >= 11 is 0. The van der Waals surface area contributed by atoms with Crippen LogP contribution in [0.15, 0.2) is 42.5 Å². The van der Waals surface area contributed by atoms with Crippen molar-refractivity contribution in [2.75, 3.05) is 11.1 Å². The summed E-state index contributed by atoms with van der Waals surface area (Å²) in [6.45, 7) is 3.73. The lowest BCUT2D eigenvalue weighted by Gasteiger charge is -2.18. The van der Waals surface area contributed by atoms with Gasteiger partial charge in [0.25, 0.3) is 5.91 Å². The van der Waals surface area contributed by atoms with Crippen molar-refractivity contribution in [3.05, 3.63) is 53.8 Å². The maximum Gasteiger partial charge on any atom is 0.265 e. The number of nitrogen functional groups attached to an aromatic ring is 1. The molecule has 0 aliphatic rings. The molecule has 0 unspecified atom stereocenters. The molecule has 0 aliphatic heterocycles. The Morgan fingerprint density at radius 2 is 2.05 bits per heavy atom. The first-order valence-corrected chi connectivity index (χ1v) is 7.09. The van der Waals surface area contributed by atoms with Gasteiger partial charge < -0.3 is 15.8 Å². The molecular weight excluding hydrogens is 283 g/mol. The van der Waals surface area contributed by atoms with Crippen LogP contribution in [0.1, 0.15) is 18.9 Å². The topological polar surface area (TPSA) is 64.3 Å². The standard InChI is InChI=1S/C17H19FN2O2/c1-3-15(22-16-7-5-4-6-11(16)2)17(21)20-14-10-12(19)8-9-13(14)18/h4-10,15H,3,19H2,1-2H3,(H,20,21)/t15-/m0/s1. The summed E-state index contributed by atoms with van der Waals surface area (Å²) < 4.78 is 19.4. The Balaban J connectivity index is 2.12. The van der Waals surface area contributed by atoms with Gasteiger partial charge in [-0.05, 0) is 43.2 Å². The molecule has 0 radical (unpaired) electrons. The number of nitrogens with one attached hydrogen (secondary N) is 1. The van der Waals surface area contributed by atoms with E-state index in [4.69, 9.17) is 10.5 Å². The number of ether oxygens (including phenoxy) is 1. The number of carbonyl (C=O) groups excluding carboxylic acids is 1. The van der Waals surface area contributed by atoms with Gasteiger partial charge in [0.05, 0.1) is 5.69 Å². The van der Waals surface area contributed by atoms with E-state index in [9.17, 15) is 9.18 Å². The molecule has 2 aromatic carbocycles. The highest BCUT2D eigenvalue weighted by Crippen LogP contribution is 2.21. The van der Waals surface area contributed by atoms with E-state index in [-0.39, 0.29) is 5.69 Å². The molecule has 2 rings (SSSR count). The second-order valence-corrected chi connectivity index (χ2v) is 5.01. The molecule has 1 atom stereocenters. The molecule has 1 amide bonds. The molecule has 4 nitrogen and oxygen atoms in total. The first-order chi connectivity index (χ1) is 10.5. The number of carbonyl (C=O) groups is 1. The summed E-state index contributed by atoms with van der Waals surface area (Å²) in [6, 6.07) is 11.5. The monoisotopic (exact) mass is 302 g/mol. The fourth-order valence-electron chi connectivity index (χ4n) is 2.02. The van der Waals surface area contributed by atoms with Gasteiger partial charge in [0.2, 0.25) is 0 Å². The predicted molar refractivity (Wildman–Crippen MR) is 85.3 cm³/mol. The van der Waals surface area contributed by atoms with E-state index in [2.05, 4.69) is 5.32 Å². The van der Waals surface area contributed by atoms with Crippen molar-refractivity contribution < 1.29 is 13.9 Å². The third-order valence-corrected chi connectivity index (χ3v) is 3.27. The zero-order valence-corrected chi connectivity index (χ0v) is 12.6. The van der Waals surface area contributed by atoms with E-state index in [0.717, 1.165) is 5.56 Å². The predicted octanol–water partition coefficient (Wildman–Crippen LogP) is 3.51. The minimum atomic E-state index is -0.707. The number of hydrogen-bond donors (Lipinski definition) is 2. The summed E-state index contributed by atoms with van der Waals surface area (Å²) in [4.78, 5) is 12.3. The van der Waals surface area contributed by atoms with Gasteiger partial charge in [-0.1, -0.05) is 25.1 Å². The largest absolute Gasteiger partial charge is 0.480 e. The quantitative estimate of drug-likeness (QED) is 0.831. The fraction of sp³-hybridized carbons (Fsp3) is 0.235. The van der Waals surface area contributed by atoms with Crippen LogP contribution in [-0.4, -0.2) is 12.0 Å². The molecule has 0 aromatic heterocycles. The fourth-order valence-corrected chi connectivity index (χ4v) is 2.02. The van der Waals surface area contributed by atoms with Crippen LogP contribution in [0.3, 0.4) is 0 Å². The van der Waals surface area contributed by atoms with Crippen LogP contribution in [0.2, 0.25) is 0 Å². The van der Waals surface area contributed by atoms with E-state index in [1.807, 2.05) is 32.0 Å². The molecule has 2 aromatic rings. The van der Waals surface area contributed by atoms with Crippen LogP contribution < -0.4 is 15.8 Å². The zero-order valence-electron chi connectivity index (χ0n) is 12.6. The van der Waals surface area contributed by atoms with Crippen molar-refractivity contribution in [1.29, 1.82) is 0 Å². The Bertz CT molecular complexity index is 673. The molecule has 22 heavy (non-hydrogen) atoms. The summed E-state index contributed by atoms with van der Waals surface area (Å²) in [7, 11) is 0. The minimum Gasteiger partial charge on any atom is -0.480 e. The van der Waals surface area contributed by atoms with Gasteiger partial charge >= 0.3 is 0 Å². The maximum absolute atomic E-state index is 13.7. The van der Waals surface area contributed by atoms with Crippen LogP contribution >= 0.6 is 0 Å². The van der Waals surface area contributed by atoms with Gasteiger partial charge in [-0.25, -0.2) is 4.39 Å². The lowest BCUT2D eigenvalue weighted by molar-refractivity contribution is -0.122. The highest BCUT2D eigenvalue weighted by Gasteiger charge is 2.20. The van der Waals surface area contributed by atoms with Crippen molar-refractivity contribution >= 4 is 17.3 Å². The lowest BCUT2D eigenvalue weighted by Crippen LogP contribution is -2.32. The van der Waals surface area contributed by atoms with Gasteiger partial charge in [0.15, 0.2) is 6.10 Å². The van der Waals surface area contributed by atoms with E-state index >= 15 is 0 Å². The highest BCUT2D eigenvalue weighted by atomic mass is 19.1. The first-order valence-electron chi connectivity index (χ1n) is 7.09. The van der Waals surface area contributed by atoms with E-state index in [0.29, 0.717) is 17.9 Å². The molecule has 0 saturated carbocycles. The average Bonchev–Trinajstić information content (AvgIpc) is 2.50. The van der Waals surface area contributed by atoms with Crippen molar-refractivity contribution in [2.24, 2.45) is 0 Å². The maximum atomic E-state index is 13.7. The first kappa shape index (κ1) is 15.8. The molecule has 0 aliphatic carbocycles. The van der Waals surface area contributed by atoms with Crippen molar-refractivity contribution in [3.8, 4) is 5.75 Å². The van der Waals surface area contributed by atoms with Gasteiger partial charge in [-0.3, -0.25) is 4.79 Å². The van der Waals surface area contributed by atoms with Gasteiger partial charge in [-0.2, -0.15) is 0 Å². The number of para-hydroxylation sites is 1. The number of rotatable bonds is 5. The lowest BCUT2D eigenvalue weighted by atomic mass is 10.2. The average molecular weight is 302 g/mol. The van der Waals surface area contributed by atoms with Crippen LogP contribution in [0, 0.1) is 12.7 Å². The molecule has 0 spiro atoms. The van der Waals surface area contributed by atoms with Crippen LogP contribution in [0.5, 0.6) is 5.75 Å². The number of amides is 1. The Morgan fingerprint density at radius 1 is 1.32 bits per heavy atom. The van der Waals surface area contributed by atoms with Gasteiger partial charge in [0.1, 0.15) is 11.6 Å². The normalized spacial score (nSPS) is 11.8. The van der Waals surface area contributed by atoms with Crippen LogP contribution in [0.25, 0.3) is 0 Å². The molecule has 5 heteroatoms. The van der Waals surface area contributed by atoms with E-state index < -0.39 is 17.8 Å². The van der Waals surface area contributed by atoms with Crippen molar-refractivity contribution in [1.82, 2.24) is 0 Å². The summed E-state index contributed by atoms with van der Waals surface area (Å²) in [5, 5.41) is 2.52. The third-order valence-electron chi connectivity index (χ3n) is 3.27. The highest BCUT2D eigenvalue weighted by molar-refractivity contribution is 5.94. The van der Waals surface area contributed by atoms with Crippen LogP contribution in [0.4, 0.5) is 15.8 Å². The second-order valence-electron chi connectivity index (χ2n) is 5.01. The Labute approximate surface area is 129 Å². The Morgan fingerprint density at radius 3 is 2.73 bits per heavy atom. The van der Waals surface area contributed by atoms with E-state index in [1.54, 1.807) is 6.07 Å². The molecule has 0 saturated heterocycles. The molecule has 116 valence electrons. The second kappa shape index (κ2) is 6.93. The number of benzene rings is 2. The molecule has 0 heterocycles. The minimum absolute atomic E-state index is 0.0526. The number of aryl methyl sites for hydroxylation is 1. The summed E-state index contributed by atoms with van der Waals surface area (Å²) in [6.07, 6.45) is -0.244. The summed E-state index contributed by atoms with van der Waals surface area (Å²) in [5.74, 6) is -0.305. The smallest absolute Gasteiger partial charge is 0.265 e. The van der Waals surface area contributed by atoms with Gasteiger partial charge in [0, 0.05) is 5.69 Å². The molecule has 0 bridgehead atoms. The van der Waals surface area contributed by atoms with Gasteiger partial charge in [-0.15, -0.1) is 0 Å². The molecule has 0 fully saturated rings. The Hall–Kier alpha value is -2.56. The summed E-state index contributed by atoms with van der Waals surface area (Å²) in [5.41, 5.74) is 6.97. The third kappa shape index (κ3) is 3.75. The SMILES string of the molecule is CC[C@H](Oc1ccccc1C)C(=O)Nc1cc(N)ccc1F. The van der Waals surface area contributed by atoms with Crippen molar-refractivity contribution in [2.45, 2.75) is 26.4 Å². The zero-order chi connectivity index (χ0) is 16.1. The number of nitrogens with two attached hydrogens (primary N) is 1. The van der Waals surface area contributed by atoms with Crippen molar-refractivity contribution in [3.63, 3.8) is 0 Å². The number of halogens is 1. The number of anilines is 2. The Kier molecular flexibility index (Phi) is 4.99. The van der Waals surface area contributed by atoms with Crippen LogP contribution in [-0.2, 0) is 4.79 Å².